The van der Waals surface area contributed by atoms with Crippen molar-refractivity contribution in [3.8, 4) is 5.75 Å². The van der Waals surface area contributed by atoms with Gasteiger partial charge in [0.05, 0.1) is 20.3 Å². The fraction of sp³-hybridized carbons (Fsp3) is 0.214. The van der Waals surface area contributed by atoms with E-state index in [1.54, 1.807) is 20.1 Å². The molecule has 0 heterocycles. The van der Waals surface area contributed by atoms with Crippen molar-refractivity contribution >= 4 is 17.9 Å². The third-order valence-corrected chi connectivity index (χ3v) is 5.13. The van der Waals surface area contributed by atoms with Crippen LogP contribution in [0.5, 0.6) is 5.75 Å². The number of carbonyl (C=O) groups excluding carboxylic acids is 2. The zero-order valence-corrected chi connectivity index (χ0v) is 19.5. The Bertz CT molecular complexity index is 1090. The molecule has 0 aliphatic carbocycles. The van der Waals surface area contributed by atoms with Crippen LogP contribution >= 0.6 is 0 Å². The summed E-state index contributed by atoms with van der Waals surface area (Å²) in [5, 5.41) is 5.55. The van der Waals surface area contributed by atoms with Crippen LogP contribution in [0.2, 0.25) is 0 Å². The number of rotatable bonds is 11. The standard InChI is InChI=1S/C28H30N2O4/c1-21(30-27(31)16-13-22-11-14-26(33-2)15-12-22)28(32)29-18-24-9-6-10-25(17-24)20-34-19-23-7-4-3-5-8-23/h3-17,21H,18-20H2,1-2H3,(H,29,32)(H,30,31). The monoisotopic (exact) mass is 458 g/mol. The Hall–Kier alpha value is -3.90. The largest absolute Gasteiger partial charge is 0.497 e. The molecule has 0 radical (unpaired) electrons. The number of methoxy groups -OCH3 is 1. The van der Waals surface area contributed by atoms with E-state index < -0.39 is 6.04 Å². The molecule has 176 valence electrons. The van der Waals surface area contributed by atoms with E-state index in [1.807, 2.05) is 78.9 Å². The first-order valence-electron chi connectivity index (χ1n) is 11.1. The molecule has 0 aliphatic rings. The number of nitrogens with one attached hydrogen (secondary N) is 2. The highest BCUT2D eigenvalue weighted by Gasteiger charge is 2.14. The Morgan fingerprint density at radius 2 is 1.56 bits per heavy atom. The van der Waals surface area contributed by atoms with Crippen molar-refractivity contribution in [1.82, 2.24) is 10.6 Å². The van der Waals surface area contributed by atoms with Crippen molar-refractivity contribution in [2.75, 3.05) is 7.11 Å². The summed E-state index contributed by atoms with van der Waals surface area (Å²) in [6.07, 6.45) is 3.09. The van der Waals surface area contributed by atoms with Crippen molar-refractivity contribution < 1.29 is 19.1 Å². The second kappa shape index (κ2) is 13.0. The number of ether oxygens (including phenoxy) is 2. The van der Waals surface area contributed by atoms with E-state index >= 15 is 0 Å². The lowest BCUT2D eigenvalue weighted by Crippen LogP contribution is -2.44. The van der Waals surface area contributed by atoms with Gasteiger partial charge < -0.3 is 20.1 Å². The minimum Gasteiger partial charge on any atom is -0.497 e. The summed E-state index contributed by atoms with van der Waals surface area (Å²) in [4.78, 5) is 24.6. The maximum Gasteiger partial charge on any atom is 0.244 e. The lowest BCUT2D eigenvalue weighted by Gasteiger charge is -2.13. The first-order chi connectivity index (χ1) is 16.5. The summed E-state index contributed by atoms with van der Waals surface area (Å²) in [7, 11) is 1.60. The Kier molecular flexibility index (Phi) is 9.43. The average molecular weight is 459 g/mol. The molecule has 3 aromatic carbocycles. The van der Waals surface area contributed by atoms with E-state index in [4.69, 9.17) is 9.47 Å². The highest BCUT2D eigenvalue weighted by Crippen LogP contribution is 2.12. The van der Waals surface area contributed by atoms with Gasteiger partial charge in [-0.25, -0.2) is 0 Å². The second-order valence-corrected chi connectivity index (χ2v) is 7.85. The Morgan fingerprint density at radius 1 is 0.882 bits per heavy atom. The first kappa shape index (κ1) is 24.7. The molecular weight excluding hydrogens is 428 g/mol. The molecule has 3 rings (SSSR count). The number of benzene rings is 3. The second-order valence-electron chi connectivity index (χ2n) is 7.85. The van der Waals surface area contributed by atoms with Crippen LogP contribution in [0.15, 0.2) is 84.9 Å². The average Bonchev–Trinajstić information content (AvgIpc) is 2.87. The van der Waals surface area contributed by atoms with Gasteiger partial charge in [-0.05, 0) is 47.4 Å². The predicted octanol–water partition coefficient (Wildman–Crippen LogP) is 4.25. The molecule has 1 atom stereocenters. The molecule has 0 saturated heterocycles. The van der Waals surface area contributed by atoms with Crippen LogP contribution in [-0.2, 0) is 34.1 Å². The minimum atomic E-state index is -0.662. The van der Waals surface area contributed by atoms with E-state index in [0.717, 1.165) is 28.0 Å². The normalized spacial score (nSPS) is 11.7. The zero-order chi connectivity index (χ0) is 24.2. The third kappa shape index (κ3) is 8.22. The molecule has 6 heteroatoms. The van der Waals surface area contributed by atoms with E-state index in [1.165, 1.54) is 6.08 Å². The van der Waals surface area contributed by atoms with Gasteiger partial charge in [0.2, 0.25) is 11.8 Å². The van der Waals surface area contributed by atoms with Gasteiger partial charge in [0.25, 0.3) is 0 Å². The lowest BCUT2D eigenvalue weighted by atomic mass is 10.1. The molecule has 34 heavy (non-hydrogen) atoms. The van der Waals surface area contributed by atoms with Crippen LogP contribution in [0, 0.1) is 0 Å². The van der Waals surface area contributed by atoms with Gasteiger partial charge in [0.15, 0.2) is 0 Å². The van der Waals surface area contributed by atoms with Crippen LogP contribution in [0.3, 0.4) is 0 Å². The lowest BCUT2D eigenvalue weighted by molar-refractivity contribution is -0.126. The van der Waals surface area contributed by atoms with Crippen LogP contribution in [-0.4, -0.2) is 25.0 Å². The first-order valence-corrected chi connectivity index (χ1v) is 11.1. The summed E-state index contributed by atoms with van der Waals surface area (Å²) in [6, 6.07) is 24.6. The van der Waals surface area contributed by atoms with Crippen LogP contribution in [0.4, 0.5) is 0 Å². The smallest absolute Gasteiger partial charge is 0.244 e. The summed E-state index contributed by atoms with van der Waals surface area (Å²) in [5.41, 5.74) is 3.99. The van der Waals surface area contributed by atoms with Gasteiger partial charge in [-0.1, -0.05) is 66.7 Å². The van der Waals surface area contributed by atoms with Crippen molar-refractivity contribution in [3.05, 3.63) is 107 Å². The van der Waals surface area contributed by atoms with E-state index in [-0.39, 0.29) is 11.8 Å². The van der Waals surface area contributed by atoms with Gasteiger partial charge in [-0.3, -0.25) is 9.59 Å². The summed E-state index contributed by atoms with van der Waals surface area (Å²) in [5.74, 6) is 0.158. The molecule has 0 fully saturated rings. The fourth-order valence-electron chi connectivity index (χ4n) is 3.25. The SMILES string of the molecule is COc1ccc(C=CC(=O)NC(C)C(=O)NCc2cccc(COCc3ccccc3)c2)cc1. The van der Waals surface area contributed by atoms with E-state index in [2.05, 4.69) is 10.6 Å². The molecule has 2 amide bonds. The molecule has 0 spiro atoms. The van der Waals surface area contributed by atoms with Gasteiger partial charge in [-0.2, -0.15) is 0 Å². The molecule has 3 aromatic rings. The molecule has 1 unspecified atom stereocenters. The zero-order valence-electron chi connectivity index (χ0n) is 19.5. The van der Waals surface area contributed by atoms with Crippen molar-refractivity contribution in [3.63, 3.8) is 0 Å². The Balaban J connectivity index is 1.41. The maximum absolute atomic E-state index is 12.4. The minimum absolute atomic E-state index is 0.253. The van der Waals surface area contributed by atoms with Gasteiger partial charge in [-0.15, -0.1) is 0 Å². The van der Waals surface area contributed by atoms with Crippen LogP contribution in [0.25, 0.3) is 6.08 Å². The van der Waals surface area contributed by atoms with Crippen molar-refractivity contribution in [2.45, 2.75) is 32.7 Å². The summed E-state index contributed by atoms with van der Waals surface area (Å²) < 4.78 is 10.9. The molecule has 0 aromatic heterocycles. The number of amides is 2. The van der Waals surface area contributed by atoms with E-state index in [0.29, 0.717) is 19.8 Å². The third-order valence-electron chi connectivity index (χ3n) is 5.13. The molecular formula is C28H30N2O4. The topological polar surface area (TPSA) is 76.7 Å². The van der Waals surface area contributed by atoms with Crippen LogP contribution in [0.1, 0.15) is 29.2 Å². The molecule has 0 saturated carbocycles. The molecule has 6 nitrogen and oxygen atoms in total. The number of hydrogen-bond acceptors (Lipinski definition) is 4. The maximum atomic E-state index is 12.4. The summed E-state index contributed by atoms with van der Waals surface area (Å²) in [6.45, 7) is 3.06. The molecule has 0 aliphatic heterocycles. The van der Waals surface area contributed by atoms with E-state index in [9.17, 15) is 9.59 Å². The molecule has 2 N–H and O–H groups in total. The van der Waals surface area contributed by atoms with Gasteiger partial charge in [0, 0.05) is 12.6 Å². The Labute approximate surface area is 200 Å². The highest BCUT2D eigenvalue weighted by atomic mass is 16.5. The quantitative estimate of drug-likeness (QED) is 0.421. The number of carbonyl (C=O) groups is 2. The van der Waals surface area contributed by atoms with Gasteiger partial charge >= 0.3 is 0 Å². The van der Waals surface area contributed by atoms with Crippen molar-refractivity contribution in [2.24, 2.45) is 0 Å². The number of hydrogen-bond donors (Lipinski definition) is 2. The van der Waals surface area contributed by atoms with Crippen LogP contribution < -0.4 is 15.4 Å². The van der Waals surface area contributed by atoms with Crippen molar-refractivity contribution in [1.29, 1.82) is 0 Å². The highest BCUT2D eigenvalue weighted by molar-refractivity contribution is 5.95. The summed E-state index contributed by atoms with van der Waals surface area (Å²) >= 11 is 0. The predicted molar refractivity (Wildman–Crippen MR) is 133 cm³/mol. The molecule has 0 bridgehead atoms. The van der Waals surface area contributed by atoms with Gasteiger partial charge in [0.1, 0.15) is 11.8 Å². The Morgan fingerprint density at radius 3 is 2.29 bits per heavy atom. The fourth-order valence-corrected chi connectivity index (χ4v) is 3.25.